The second-order valence-electron chi connectivity index (χ2n) is 6.74. The molecule has 0 aliphatic heterocycles. The van der Waals surface area contributed by atoms with Crippen LogP contribution in [0.15, 0.2) is 72.8 Å². The van der Waals surface area contributed by atoms with Gasteiger partial charge in [-0.3, -0.25) is 0 Å². The molecule has 3 rings (SSSR count). The number of halogens is 1. The van der Waals surface area contributed by atoms with E-state index in [0.29, 0.717) is 25.4 Å². The second kappa shape index (κ2) is 10.6. The molecule has 0 aliphatic rings. The summed E-state index contributed by atoms with van der Waals surface area (Å²) in [5.41, 5.74) is 2.20. The van der Waals surface area contributed by atoms with Crippen LogP contribution in [-0.4, -0.2) is 30.4 Å². The van der Waals surface area contributed by atoms with Gasteiger partial charge in [0, 0.05) is 17.9 Å². The number of benzene rings is 3. The lowest BCUT2D eigenvalue weighted by molar-refractivity contribution is 0.308. The summed E-state index contributed by atoms with van der Waals surface area (Å²) in [7, 11) is -1.83. The highest BCUT2D eigenvalue weighted by Crippen LogP contribution is 2.16. The van der Waals surface area contributed by atoms with Crippen LogP contribution in [0.2, 0.25) is 0 Å². The number of hydrogen-bond acceptors (Lipinski definition) is 4. The van der Waals surface area contributed by atoms with Crippen molar-refractivity contribution in [2.24, 2.45) is 0 Å². The van der Waals surface area contributed by atoms with Crippen LogP contribution in [0.4, 0.5) is 4.39 Å². The number of hydrogen-bond donors (Lipinski definition) is 2. The first-order valence-electron chi connectivity index (χ1n) is 9.66. The SMILES string of the molecule is OB(O)c1ccc(OCCc2cccc(OCCCc3ccccc3)c2)cc1F. The van der Waals surface area contributed by atoms with E-state index < -0.39 is 12.9 Å². The van der Waals surface area contributed by atoms with Crippen LogP contribution < -0.4 is 14.9 Å². The molecule has 0 atom stereocenters. The van der Waals surface area contributed by atoms with Gasteiger partial charge in [-0.1, -0.05) is 48.5 Å². The summed E-state index contributed by atoms with van der Waals surface area (Å²) in [6.45, 7) is 1.02. The number of ether oxygens (including phenoxy) is 2. The third-order valence-corrected chi connectivity index (χ3v) is 4.53. The highest BCUT2D eigenvalue weighted by Gasteiger charge is 2.16. The van der Waals surface area contributed by atoms with Crippen molar-refractivity contribution in [1.29, 1.82) is 0 Å². The fraction of sp³-hybridized carbons (Fsp3) is 0.217. The molecule has 0 aromatic heterocycles. The molecule has 0 fully saturated rings. The van der Waals surface area contributed by atoms with Gasteiger partial charge in [0.15, 0.2) is 0 Å². The van der Waals surface area contributed by atoms with Gasteiger partial charge in [0.05, 0.1) is 13.2 Å². The van der Waals surface area contributed by atoms with Crippen molar-refractivity contribution in [2.75, 3.05) is 13.2 Å². The molecule has 150 valence electrons. The molecule has 3 aromatic carbocycles. The lowest BCUT2D eigenvalue weighted by Gasteiger charge is -2.10. The van der Waals surface area contributed by atoms with E-state index in [2.05, 4.69) is 12.1 Å². The van der Waals surface area contributed by atoms with E-state index in [0.717, 1.165) is 30.2 Å². The molecule has 4 nitrogen and oxygen atoms in total. The molecule has 3 aromatic rings. The summed E-state index contributed by atoms with van der Waals surface area (Å²) in [5.74, 6) is 0.464. The van der Waals surface area contributed by atoms with Crippen molar-refractivity contribution < 1.29 is 23.9 Å². The Kier molecular flexibility index (Phi) is 7.67. The van der Waals surface area contributed by atoms with Crippen LogP contribution in [-0.2, 0) is 12.8 Å². The van der Waals surface area contributed by atoms with Crippen LogP contribution >= 0.6 is 0 Å². The number of aryl methyl sites for hydroxylation is 1. The van der Waals surface area contributed by atoms with Crippen LogP contribution in [0.3, 0.4) is 0 Å². The zero-order valence-corrected chi connectivity index (χ0v) is 16.1. The Morgan fingerprint density at radius 3 is 2.21 bits per heavy atom. The molecule has 0 radical (unpaired) electrons. The Balaban J connectivity index is 1.43. The summed E-state index contributed by atoms with van der Waals surface area (Å²) in [5, 5.41) is 18.1. The Labute approximate surface area is 170 Å². The maximum atomic E-state index is 13.7. The summed E-state index contributed by atoms with van der Waals surface area (Å²) < 4.78 is 25.2. The minimum atomic E-state index is -1.83. The normalized spacial score (nSPS) is 10.6. The molecule has 0 unspecified atom stereocenters. The predicted molar refractivity (Wildman–Crippen MR) is 112 cm³/mol. The Morgan fingerprint density at radius 1 is 0.724 bits per heavy atom. The fourth-order valence-corrected chi connectivity index (χ4v) is 3.00. The summed E-state index contributed by atoms with van der Waals surface area (Å²) in [6.07, 6.45) is 2.58. The summed E-state index contributed by atoms with van der Waals surface area (Å²) in [4.78, 5) is 0. The molecular weight excluding hydrogens is 370 g/mol. The van der Waals surface area contributed by atoms with Crippen molar-refractivity contribution in [3.63, 3.8) is 0 Å². The second-order valence-corrected chi connectivity index (χ2v) is 6.74. The molecule has 0 heterocycles. The van der Waals surface area contributed by atoms with E-state index in [1.165, 1.54) is 17.7 Å². The lowest BCUT2D eigenvalue weighted by atomic mass is 9.80. The topological polar surface area (TPSA) is 58.9 Å². The van der Waals surface area contributed by atoms with Gasteiger partial charge in [-0.05, 0) is 42.2 Å². The third kappa shape index (κ3) is 6.63. The zero-order chi connectivity index (χ0) is 20.5. The third-order valence-electron chi connectivity index (χ3n) is 4.53. The molecule has 2 N–H and O–H groups in total. The van der Waals surface area contributed by atoms with Crippen LogP contribution in [0.5, 0.6) is 11.5 Å². The minimum Gasteiger partial charge on any atom is -0.494 e. The maximum absolute atomic E-state index is 13.7. The summed E-state index contributed by atoms with van der Waals surface area (Å²) >= 11 is 0. The fourth-order valence-electron chi connectivity index (χ4n) is 3.00. The van der Waals surface area contributed by atoms with Gasteiger partial charge >= 0.3 is 7.12 Å². The molecule has 0 spiro atoms. The van der Waals surface area contributed by atoms with E-state index in [1.807, 2.05) is 42.5 Å². The molecule has 29 heavy (non-hydrogen) atoms. The van der Waals surface area contributed by atoms with Crippen molar-refractivity contribution >= 4 is 12.6 Å². The van der Waals surface area contributed by atoms with Crippen LogP contribution in [0, 0.1) is 5.82 Å². The monoisotopic (exact) mass is 394 g/mol. The molecule has 0 saturated heterocycles. The van der Waals surface area contributed by atoms with E-state index in [1.54, 1.807) is 0 Å². The molecule has 0 amide bonds. The largest absolute Gasteiger partial charge is 0.494 e. The van der Waals surface area contributed by atoms with Crippen molar-refractivity contribution in [3.05, 3.63) is 89.7 Å². The summed E-state index contributed by atoms with van der Waals surface area (Å²) in [6, 6.07) is 22.2. The maximum Gasteiger partial charge on any atom is 0.491 e. The Hall–Kier alpha value is -2.83. The molecule has 0 aliphatic carbocycles. The predicted octanol–water partition coefficient (Wildman–Crippen LogP) is 3.14. The Morgan fingerprint density at radius 2 is 1.45 bits per heavy atom. The Bertz CT molecular complexity index is 902. The number of rotatable bonds is 10. The van der Waals surface area contributed by atoms with Crippen molar-refractivity contribution in [2.45, 2.75) is 19.3 Å². The minimum absolute atomic E-state index is 0.172. The first-order valence-corrected chi connectivity index (χ1v) is 9.66. The van der Waals surface area contributed by atoms with Crippen molar-refractivity contribution in [3.8, 4) is 11.5 Å². The highest BCUT2D eigenvalue weighted by molar-refractivity contribution is 6.58. The van der Waals surface area contributed by atoms with Gasteiger partial charge in [-0.15, -0.1) is 0 Å². The van der Waals surface area contributed by atoms with E-state index in [-0.39, 0.29) is 5.46 Å². The van der Waals surface area contributed by atoms with E-state index >= 15 is 0 Å². The van der Waals surface area contributed by atoms with Gasteiger partial charge in [-0.2, -0.15) is 0 Å². The van der Waals surface area contributed by atoms with Gasteiger partial charge in [0.1, 0.15) is 17.3 Å². The molecule has 0 bridgehead atoms. The zero-order valence-electron chi connectivity index (χ0n) is 16.1. The smallest absolute Gasteiger partial charge is 0.491 e. The van der Waals surface area contributed by atoms with Gasteiger partial charge in [0.2, 0.25) is 0 Å². The standard InChI is InChI=1S/C23H24BFO4/c25-23-17-21(11-12-22(23)24(26)27)29-15-13-19-8-4-10-20(16-19)28-14-5-9-18-6-2-1-3-7-18/h1-4,6-8,10-12,16-17,26-27H,5,9,13-15H2. The van der Waals surface area contributed by atoms with E-state index in [9.17, 15) is 4.39 Å². The van der Waals surface area contributed by atoms with Gasteiger partial charge in [0.25, 0.3) is 0 Å². The van der Waals surface area contributed by atoms with Crippen molar-refractivity contribution in [1.82, 2.24) is 0 Å². The highest BCUT2D eigenvalue weighted by atomic mass is 19.1. The quantitative estimate of drug-likeness (QED) is 0.410. The van der Waals surface area contributed by atoms with Crippen LogP contribution in [0.1, 0.15) is 17.5 Å². The van der Waals surface area contributed by atoms with Gasteiger partial charge < -0.3 is 19.5 Å². The molecule has 0 saturated carbocycles. The molecular formula is C23H24BFO4. The average molecular weight is 394 g/mol. The first kappa shape index (κ1) is 20.9. The molecule has 6 heteroatoms. The first-order chi connectivity index (χ1) is 14.1. The van der Waals surface area contributed by atoms with E-state index in [4.69, 9.17) is 19.5 Å². The van der Waals surface area contributed by atoms with Crippen LogP contribution in [0.25, 0.3) is 0 Å². The average Bonchev–Trinajstić information content (AvgIpc) is 2.72. The lowest BCUT2D eigenvalue weighted by Crippen LogP contribution is -2.32. The van der Waals surface area contributed by atoms with Gasteiger partial charge in [-0.25, -0.2) is 4.39 Å².